The Hall–Kier alpha value is -4.58. The number of primary amides is 1. The van der Waals surface area contributed by atoms with Gasteiger partial charge in [-0.05, 0) is 6.92 Å². The maximum Gasteiger partial charge on any atom is 0.404 e. The molecule has 2 aliphatic heterocycles. The molecule has 0 unspecified atom stereocenters. The van der Waals surface area contributed by atoms with Crippen molar-refractivity contribution < 1.29 is 34.1 Å². The standard InChI is InChI=1S/C24H27N9O8/c1-7-14(26)20(37)13-8(5-40-23(27)39)17-15(9(25)3-32(17)18(13)19(7)36)29-24-30-21-16(22(38)31-24)28-6-33(21)12-2-10(35)11(4-34)41-12/h6,9-12,15,34-35H,2-5,25-26H2,1H3,(H2,27,39)(H2,29,30,31,38)/t9-,10-,11+,12+,15+/m0/s1. The number of ether oxygens (including phenoxy) is 2. The van der Waals surface area contributed by atoms with Gasteiger partial charge >= 0.3 is 6.09 Å². The Labute approximate surface area is 229 Å². The normalized spacial score (nSPS) is 25.6. The van der Waals surface area contributed by atoms with Crippen LogP contribution >= 0.6 is 0 Å². The van der Waals surface area contributed by atoms with E-state index in [1.165, 1.54) is 17.8 Å². The Balaban J connectivity index is 1.42. The second-order valence-corrected chi connectivity index (χ2v) is 10.1. The first-order chi connectivity index (χ1) is 19.5. The number of H-pyrrole nitrogens is 1. The third kappa shape index (κ3) is 4.00. The van der Waals surface area contributed by atoms with Crippen molar-refractivity contribution in [3.8, 4) is 0 Å². The Morgan fingerprint density at radius 2 is 2.07 bits per heavy atom. The van der Waals surface area contributed by atoms with Gasteiger partial charge in [0.25, 0.3) is 5.56 Å². The molecule has 10 N–H and O–H groups in total. The van der Waals surface area contributed by atoms with Crippen molar-refractivity contribution >= 4 is 34.8 Å². The minimum absolute atomic E-state index is 0.00147. The highest BCUT2D eigenvalue weighted by molar-refractivity contribution is 6.26. The van der Waals surface area contributed by atoms with E-state index in [0.29, 0.717) is 5.69 Å². The molecule has 1 amide bonds. The van der Waals surface area contributed by atoms with Crippen LogP contribution in [0.2, 0.25) is 0 Å². The molecule has 0 aromatic carbocycles. The number of aliphatic hydroxyl groups is 2. The lowest BCUT2D eigenvalue weighted by Gasteiger charge is -2.21. The Bertz CT molecular complexity index is 1720. The number of anilines is 1. The van der Waals surface area contributed by atoms with E-state index in [9.17, 15) is 29.4 Å². The summed E-state index contributed by atoms with van der Waals surface area (Å²) in [6, 6.07) is -1.48. The quantitative estimate of drug-likeness (QED) is 0.174. The van der Waals surface area contributed by atoms with Gasteiger partial charge in [-0.25, -0.2) is 9.78 Å². The van der Waals surface area contributed by atoms with Crippen LogP contribution in [0.25, 0.3) is 11.2 Å². The fourth-order valence-corrected chi connectivity index (χ4v) is 5.71. The van der Waals surface area contributed by atoms with Crippen molar-refractivity contribution in [3.63, 3.8) is 0 Å². The molecule has 17 nitrogen and oxygen atoms in total. The first-order valence-corrected chi connectivity index (χ1v) is 12.7. The minimum atomic E-state index is -1.09. The van der Waals surface area contributed by atoms with E-state index < -0.39 is 60.3 Å². The first kappa shape index (κ1) is 26.6. The van der Waals surface area contributed by atoms with Gasteiger partial charge in [0.15, 0.2) is 11.2 Å². The third-order valence-corrected chi connectivity index (χ3v) is 7.73. The van der Waals surface area contributed by atoms with E-state index in [4.69, 9.17) is 26.7 Å². The number of Topliss-reactive ketones (excluding diaryl/α,β-unsaturated/α-hetero) is 2. The van der Waals surface area contributed by atoms with Crippen LogP contribution in [0.1, 0.15) is 57.7 Å². The van der Waals surface area contributed by atoms with Crippen LogP contribution in [0.15, 0.2) is 22.4 Å². The average Bonchev–Trinajstić information content (AvgIpc) is 3.67. The smallest absolute Gasteiger partial charge is 0.404 e. The topological polar surface area (TPSA) is 269 Å². The van der Waals surface area contributed by atoms with E-state index >= 15 is 0 Å². The molecule has 1 aliphatic carbocycles. The Morgan fingerprint density at radius 3 is 2.76 bits per heavy atom. The summed E-state index contributed by atoms with van der Waals surface area (Å²) >= 11 is 0. The number of carbonyl (C=O) groups is 3. The van der Waals surface area contributed by atoms with Crippen molar-refractivity contribution in [2.45, 2.75) is 57.0 Å². The molecule has 0 bridgehead atoms. The van der Waals surface area contributed by atoms with E-state index in [2.05, 4.69) is 20.3 Å². The molecule has 6 rings (SSSR count). The minimum Gasteiger partial charge on any atom is -0.445 e. The second-order valence-electron chi connectivity index (χ2n) is 10.1. The highest BCUT2D eigenvalue weighted by Crippen LogP contribution is 2.40. The summed E-state index contributed by atoms with van der Waals surface area (Å²) in [6.07, 6.45) is -2.05. The lowest BCUT2D eigenvalue weighted by molar-refractivity contribution is -0.0432. The highest BCUT2D eigenvalue weighted by atomic mass is 16.5. The first-order valence-electron chi connectivity index (χ1n) is 12.7. The van der Waals surface area contributed by atoms with Crippen LogP contribution in [0.3, 0.4) is 0 Å². The largest absolute Gasteiger partial charge is 0.445 e. The summed E-state index contributed by atoms with van der Waals surface area (Å²) in [5.74, 6) is -1.07. The number of nitrogens with one attached hydrogen (secondary N) is 2. The van der Waals surface area contributed by atoms with E-state index in [-0.39, 0.29) is 64.8 Å². The molecule has 17 heteroatoms. The summed E-state index contributed by atoms with van der Waals surface area (Å²) in [7, 11) is 0. The molecule has 5 atom stereocenters. The van der Waals surface area contributed by atoms with Gasteiger partial charge in [0.2, 0.25) is 17.5 Å². The van der Waals surface area contributed by atoms with E-state index in [1.54, 1.807) is 4.57 Å². The van der Waals surface area contributed by atoms with Gasteiger partial charge in [-0.15, -0.1) is 0 Å². The third-order valence-electron chi connectivity index (χ3n) is 7.73. The predicted octanol–water partition coefficient (Wildman–Crippen LogP) is -1.74. The number of carbonyl (C=O) groups excluding carboxylic acids is 3. The van der Waals surface area contributed by atoms with Gasteiger partial charge in [-0.1, -0.05) is 0 Å². The number of ketones is 2. The number of nitrogens with zero attached hydrogens (tertiary/aromatic N) is 4. The van der Waals surface area contributed by atoms with Crippen LogP contribution in [0.5, 0.6) is 0 Å². The lowest BCUT2D eigenvalue weighted by Crippen LogP contribution is -2.33. The van der Waals surface area contributed by atoms with Crippen molar-refractivity contribution in [1.82, 2.24) is 24.1 Å². The van der Waals surface area contributed by atoms with Crippen molar-refractivity contribution in [2.75, 3.05) is 11.9 Å². The van der Waals surface area contributed by atoms with E-state index in [0.717, 1.165) is 0 Å². The molecule has 41 heavy (non-hydrogen) atoms. The fraction of sp³-hybridized carbons (Fsp3) is 0.417. The molecule has 0 spiro atoms. The van der Waals surface area contributed by atoms with Crippen molar-refractivity contribution in [1.29, 1.82) is 0 Å². The van der Waals surface area contributed by atoms with Crippen molar-refractivity contribution in [3.05, 3.63) is 50.5 Å². The number of hydrogen-bond acceptors (Lipinski definition) is 13. The molecule has 0 saturated carbocycles. The zero-order chi connectivity index (χ0) is 29.3. The number of hydrogen-bond donors (Lipinski definition) is 7. The molecular weight excluding hydrogens is 542 g/mol. The fourth-order valence-electron chi connectivity index (χ4n) is 5.71. The highest BCUT2D eigenvalue weighted by Gasteiger charge is 2.44. The lowest BCUT2D eigenvalue weighted by atomic mass is 9.89. The number of aromatic amines is 1. The van der Waals surface area contributed by atoms with Gasteiger partial charge in [0.1, 0.15) is 24.6 Å². The summed E-state index contributed by atoms with van der Waals surface area (Å²) in [5, 5.41) is 22.7. The van der Waals surface area contributed by atoms with Crippen molar-refractivity contribution in [2.24, 2.45) is 17.2 Å². The van der Waals surface area contributed by atoms with Crippen LogP contribution in [0, 0.1) is 0 Å². The van der Waals surface area contributed by atoms with Crippen LogP contribution in [-0.4, -0.2) is 76.8 Å². The molecule has 216 valence electrons. The van der Waals surface area contributed by atoms with Gasteiger partial charge in [0, 0.05) is 35.8 Å². The van der Waals surface area contributed by atoms with Crippen LogP contribution in [0.4, 0.5) is 10.7 Å². The second kappa shape index (κ2) is 9.51. The maximum absolute atomic E-state index is 13.2. The van der Waals surface area contributed by atoms with Gasteiger partial charge in [-0.3, -0.25) is 23.9 Å². The monoisotopic (exact) mass is 569 g/mol. The number of amides is 1. The van der Waals surface area contributed by atoms with Gasteiger partial charge < -0.3 is 46.8 Å². The zero-order valence-corrected chi connectivity index (χ0v) is 21.7. The molecule has 3 aromatic heterocycles. The Morgan fingerprint density at radius 1 is 1.32 bits per heavy atom. The van der Waals surface area contributed by atoms with E-state index in [1.807, 2.05) is 0 Å². The molecule has 3 aromatic rings. The van der Waals surface area contributed by atoms with Gasteiger partial charge in [0.05, 0.1) is 36.3 Å². The number of aromatic nitrogens is 5. The molecule has 5 heterocycles. The van der Waals surface area contributed by atoms with Crippen LogP contribution in [-0.2, 0) is 22.6 Å². The molecule has 1 fully saturated rings. The number of imidazole rings is 1. The summed E-state index contributed by atoms with van der Waals surface area (Å²) in [6.45, 7) is 0.742. The number of rotatable bonds is 6. The number of fused-ring (bicyclic) bond motifs is 4. The molecule has 1 saturated heterocycles. The molecule has 0 radical (unpaired) electrons. The number of allylic oxidation sites excluding steroid dienone is 2. The summed E-state index contributed by atoms with van der Waals surface area (Å²) in [4.78, 5) is 62.0. The Kier molecular flexibility index (Phi) is 6.18. The predicted molar refractivity (Wildman–Crippen MR) is 138 cm³/mol. The van der Waals surface area contributed by atoms with Gasteiger partial charge in [-0.2, -0.15) is 4.98 Å². The SMILES string of the molecule is CC1=C(N)C(=O)c2c(COC(N)=O)c3n(c2C1=O)C[C@H](N)[C@H]3Nc1nc2c(ncn2[C@H]2C[C@H](O)[C@@H](CO)O2)c(=O)[nH]1. The summed E-state index contributed by atoms with van der Waals surface area (Å²) in [5.41, 5.74) is 17.7. The zero-order valence-electron chi connectivity index (χ0n) is 21.7. The maximum atomic E-state index is 13.2. The number of aliphatic hydroxyl groups excluding tert-OH is 2. The van der Waals surface area contributed by atoms with Crippen LogP contribution < -0.4 is 28.1 Å². The molecular formula is C24H27N9O8. The molecule has 3 aliphatic rings. The average molecular weight is 570 g/mol. The number of nitrogens with two attached hydrogens (primary N) is 3. The summed E-state index contributed by atoms with van der Waals surface area (Å²) < 4.78 is 13.8.